The largest absolute Gasteiger partial charge is 0.481 e. The van der Waals surface area contributed by atoms with Crippen molar-refractivity contribution in [1.29, 1.82) is 0 Å². The van der Waals surface area contributed by atoms with E-state index in [1.807, 2.05) is 12.1 Å². The predicted octanol–water partition coefficient (Wildman–Crippen LogP) is 2.39. The maximum absolute atomic E-state index is 11.6. The smallest absolute Gasteiger partial charge is 0.308 e. The van der Waals surface area contributed by atoms with Crippen molar-refractivity contribution in [3.63, 3.8) is 0 Å². The zero-order chi connectivity index (χ0) is 15.0. The van der Waals surface area contributed by atoms with Crippen molar-refractivity contribution in [3.8, 4) is 0 Å². The van der Waals surface area contributed by atoms with Gasteiger partial charge in [0.05, 0.1) is 11.8 Å². The lowest BCUT2D eigenvalue weighted by molar-refractivity contribution is -0.144. The average Bonchev–Trinajstić information content (AvgIpc) is 3.21. The summed E-state index contributed by atoms with van der Waals surface area (Å²) in [5.41, 5.74) is 0.479. The molecule has 1 aliphatic carbocycles. The Kier molecular flexibility index (Phi) is 3.01. The molecule has 0 bridgehead atoms. The first-order chi connectivity index (χ1) is 10.1. The Morgan fingerprint density at radius 2 is 1.05 bits per heavy atom. The Morgan fingerprint density at radius 3 is 1.33 bits per heavy atom. The van der Waals surface area contributed by atoms with E-state index < -0.39 is 29.2 Å². The summed E-state index contributed by atoms with van der Waals surface area (Å²) in [7, 11) is 0. The molecule has 1 aliphatic rings. The van der Waals surface area contributed by atoms with Gasteiger partial charge < -0.3 is 10.2 Å². The van der Waals surface area contributed by atoms with E-state index in [2.05, 4.69) is 0 Å². The first-order valence-corrected chi connectivity index (χ1v) is 6.66. The molecule has 4 nitrogen and oxygen atoms in total. The highest BCUT2D eigenvalue weighted by atomic mass is 16.4. The van der Waals surface area contributed by atoms with Crippen LogP contribution >= 0.6 is 0 Å². The molecule has 2 N–H and O–H groups in total. The first kappa shape index (κ1) is 13.4. The summed E-state index contributed by atoms with van der Waals surface area (Å²) in [6.07, 6.45) is 0. The van der Waals surface area contributed by atoms with Gasteiger partial charge in [-0.15, -0.1) is 0 Å². The molecule has 0 aliphatic heterocycles. The van der Waals surface area contributed by atoms with Gasteiger partial charge in [-0.1, -0.05) is 60.7 Å². The molecule has 3 rings (SSSR count). The van der Waals surface area contributed by atoms with Crippen LogP contribution < -0.4 is 0 Å². The minimum atomic E-state index is -1.07. The quantitative estimate of drug-likeness (QED) is 0.903. The molecule has 0 saturated heterocycles. The first-order valence-electron chi connectivity index (χ1n) is 6.66. The number of carbonyl (C=O) groups is 2. The maximum Gasteiger partial charge on any atom is 0.308 e. The van der Waals surface area contributed by atoms with Gasteiger partial charge in [-0.25, -0.2) is 0 Å². The second-order valence-electron chi connectivity index (χ2n) is 5.23. The van der Waals surface area contributed by atoms with Gasteiger partial charge in [0.1, 0.15) is 0 Å². The standard InChI is InChI=1S/C17H14O4/c18-15(19)13-14(16(20)21)17(13,11-7-3-1-4-8-11)12-9-5-2-6-10-12/h1-10,13-14H,(H,18,19)(H,20,21)/t13-,14-/m0/s1. The molecule has 2 atom stereocenters. The fourth-order valence-corrected chi connectivity index (χ4v) is 3.38. The van der Waals surface area contributed by atoms with Crippen LogP contribution in [0.4, 0.5) is 0 Å². The molecule has 0 radical (unpaired) electrons. The van der Waals surface area contributed by atoms with Crippen LogP contribution in [-0.4, -0.2) is 22.2 Å². The fourth-order valence-electron chi connectivity index (χ4n) is 3.38. The van der Waals surface area contributed by atoms with E-state index in [1.54, 1.807) is 48.5 Å². The number of carboxylic acid groups (broad SMARTS) is 2. The zero-order valence-corrected chi connectivity index (χ0v) is 11.1. The molecule has 0 aromatic heterocycles. The lowest BCUT2D eigenvalue weighted by atomic mass is 9.84. The fraction of sp³-hybridized carbons (Fsp3) is 0.176. The highest BCUT2D eigenvalue weighted by Gasteiger charge is 2.73. The summed E-state index contributed by atoms with van der Waals surface area (Å²) >= 11 is 0. The monoisotopic (exact) mass is 282 g/mol. The molecule has 106 valence electrons. The third kappa shape index (κ3) is 1.83. The lowest BCUT2D eigenvalue weighted by Crippen LogP contribution is -2.18. The van der Waals surface area contributed by atoms with Crippen LogP contribution in [0.25, 0.3) is 0 Å². The highest BCUT2D eigenvalue weighted by Crippen LogP contribution is 2.64. The maximum atomic E-state index is 11.6. The van der Waals surface area contributed by atoms with Crippen LogP contribution in [0.1, 0.15) is 11.1 Å². The Morgan fingerprint density at radius 1 is 0.714 bits per heavy atom. The Hall–Kier alpha value is -2.62. The number of hydrogen-bond acceptors (Lipinski definition) is 2. The SMILES string of the molecule is O=C(O)[C@@H]1[C@@H](C(=O)O)C1(c1ccccc1)c1ccccc1. The van der Waals surface area contributed by atoms with Gasteiger partial charge >= 0.3 is 11.9 Å². The molecule has 0 heterocycles. The van der Waals surface area contributed by atoms with Crippen LogP contribution in [0, 0.1) is 11.8 Å². The molecule has 4 heteroatoms. The van der Waals surface area contributed by atoms with Gasteiger partial charge in [-0.05, 0) is 11.1 Å². The van der Waals surface area contributed by atoms with E-state index in [1.165, 1.54) is 0 Å². The molecule has 1 fully saturated rings. The third-order valence-corrected chi connectivity index (χ3v) is 4.24. The molecule has 21 heavy (non-hydrogen) atoms. The van der Waals surface area contributed by atoms with E-state index in [4.69, 9.17) is 0 Å². The van der Waals surface area contributed by atoms with E-state index in [9.17, 15) is 19.8 Å². The molecule has 1 saturated carbocycles. The number of rotatable bonds is 4. The Labute approximate surface area is 121 Å². The zero-order valence-electron chi connectivity index (χ0n) is 11.1. The second kappa shape index (κ2) is 4.74. The minimum absolute atomic E-state index is 0.732. The summed E-state index contributed by atoms with van der Waals surface area (Å²) in [5.74, 6) is -4.04. The van der Waals surface area contributed by atoms with Crippen molar-refractivity contribution in [2.45, 2.75) is 5.41 Å². The summed E-state index contributed by atoms with van der Waals surface area (Å²) in [6.45, 7) is 0. The normalized spacial score (nSPS) is 22.5. The molecular formula is C17H14O4. The summed E-state index contributed by atoms with van der Waals surface area (Å²) in [6, 6.07) is 18.1. The van der Waals surface area contributed by atoms with Crippen LogP contribution in [0.3, 0.4) is 0 Å². The summed E-state index contributed by atoms with van der Waals surface area (Å²) < 4.78 is 0. The number of aliphatic carboxylic acids is 2. The van der Waals surface area contributed by atoms with Crippen molar-refractivity contribution in [2.24, 2.45) is 11.8 Å². The number of benzene rings is 2. The number of carboxylic acids is 2. The van der Waals surface area contributed by atoms with Crippen LogP contribution in [0.5, 0.6) is 0 Å². The van der Waals surface area contributed by atoms with Crippen molar-refractivity contribution >= 4 is 11.9 Å². The molecule has 2 aromatic carbocycles. The van der Waals surface area contributed by atoms with Crippen LogP contribution in [0.15, 0.2) is 60.7 Å². The van der Waals surface area contributed by atoms with E-state index in [-0.39, 0.29) is 0 Å². The van der Waals surface area contributed by atoms with Crippen LogP contribution in [-0.2, 0) is 15.0 Å². The van der Waals surface area contributed by atoms with Gasteiger partial charge in [0.15, 0.2) is 0 Å². The van der Waals surface area contributed by atoms with Crippen molar-refractivity contribution < 1.29 is 19.8 Å². The third-order valence-electron chi connectivity index (χ3n) is 4.24. The molecule has 0 unspecified atom stereocenters. The minimum Gasteiger partial charge on any atom is -0.481 e. The topological polar surface area (TPSA) is 74.6 Å². The molecule has 0 amide bonds. The van der Waals surface area contributed by atoms with Gasteiger partial charge in [-0.3, -0.25) is 9.59 Å². The molecule has 0 spiro atoms. The van der Waals surface area contributed by atoms with Gasteiger partial charge in [0, 0.05) is 5.41 Å². The van der Waals surface area contributed by atoms with Gasteiger partial charge in [-0.2, -0.15) is 0 Å². The van der Waals surface area contributed by atoms with E-state index >= 15 is 0 Å². The van der Waals surface area contributed by atoms with Gasteiger partial charge in [0.25, 0.3) is 0 Å². The molecule has 2 aromatic rings. The van der Waals surface area contributed by atoms with E-state index in [0.717, 1.165) is 11.1 Å². The molecular weight excluding hydrogens is 268 g/mol. The predicted molar refractivity (Wildman–Crippen MR) is 75.9 cm³/mol. The van der Waals surface area contributed by atoms with E-state index in [0.29, 0.717) is 0 Å². The Balaban J connectivity index is 2.23. The van der Waals surface area contributed by atoms with Crippen molar-refractivity contribution in [3.05, 3.63) is 71.8 Å². The lowest BCUT2D eigenvalue weighted by Gasteiger charge is -2.18. The Bertz CT molecular complexity index is 617. The summed E-state index contributed by atoms with van der Waals surface area (Å²) in [5, 5.41) is 18.9. The highest BCUT2D eigenvalue weighted by molar-refractivity contribution is 5.92. The van der Waals surface area contributed by atoms with Crippen molar-refractivity contribution in [2.75, 3.05) is 0 Å². The van der Waals surface area contributed by atoms with Crippen molar-refractivity contribution in [1.82, 2.24) is 0 Å². The second-order valence-corrected chi connectivity index (χ2v) is 5.23. The number of hydrogen-bond donors (Lipinski definition) is 2. The van der Waals surface area contributed by atoms with Crippen LogP contribution in [0.2, 0.25) is 0 Å². The summed E-state index contributed by atoms with van der Waals surface area (Å²) in [4.78, 5) is 23.2. The van der Waals surface area contributed by atoms with Gasteiger partial charge in [0.2, 0.25) is 0 Å². The average molecular weight is 282 g/mol.